The van der Waals surface area contributed by atoms with E-state index in [1.165, 1.54) is 40.5 Å². The van der Waals surface area contributed by atoms with Crippen LogP contribution in [0.25, 0.3) is 50.6 Å². The van der Waals surface area contributed by atoms with E-state index in [-0.39, 0.29) is 0 Å². The Bertz CT molecular complexity index is 2310. The summed E-state index contributed by atoms with van der Waals surface area (Å²) in [6.45, 7) is 0. The van der Waals surface area contributed by atoms with Crippen LogP contribution in [-0.4, -0.2) is 24.5 Å². The van der Waals surface area contributed by atoms with Crippen LogP contribution in [0.5, 0.6) is 0 Å². The second kappa shape index (κ2) is 10.5. The zero-order valence-electron chi connectivity index (χ0n) is 24.8. The van der Waals surface area contributed by atoms with E-state index < -0.39 is 5.41 Å². The van der Waals surface area contributed by atoms with Gasteiger partial charge in [0.15, 0.2) is 11.6 Å². The molecule has 216 valence electrons. The normalized spacial score (nSPS) is 13.0. The third kappa shape index (κ3) is 3.88. The average molecular weight is 590 g/mol. The Kier molecular flexibility index (Phi) is 5.96. The predicted molar refractivity (Wildman–Crippen MR) is 183 cm³/mol. The molecule has 0 N–H and O–H groups in total. The summed E-state index contributed by atoms with van der Waals surface area (Å²) < 4.78 is 2.24. The minimum atomic E-state index is -0.614. The summed E-state index contributed by atoms with van der Waals surface area (Å²) in [4.78, 5) is 18.3. The number of imidazole rings is 1. The molecule has 0 saturated heterocycles. The average Bonchev–Trinajstić information content (AvgIpc) is 3.54. The minimum Gasteiger partial charge on any atom is -0.289 e. The molecule has 8 aromatic rings. The molecule has 0 atom stereocenters. The molecule has 0 radical (unpaired) electrons. The van der Waals surface area contributed by atoms with E-state index in [0.717, 1.165) is 33.4 Å². The van der Waals surface area contributed by atoms with Crippen molar-refractivity contribution in [3.8, 4) is 39.6 Å². The summed E-state index contributed by atoms with van der Waals surface area (Å²) in [6, 6.07) is 54.3. The molecule has 0 amide bonds. The standard InChI is InChI=1S/C41H27N5/c1-4-12-28(13-5-1)29-14-10-15-30(24-29)31-22-23-37-35(25-31)41(32-16-6-2-7-17-32,33-18-8-3-9-19-33)34-20-11-21-36-38(34)46(37)40(45-36)39-43-26-42-27-44-39/h1-27H. The van der Waals surface area contributed by atoms with E-state index >= 15 is 0 Å². The Balaban J connectivity index is 1.40. The van der Waals surface area contributed by atoms with Crippen molar-refractivity contribution >= 4 is 11.0 Å². The summed E-state index contributed by atoms with van der Waals surface area (Å²) in [5.41, 5.74) is 11.8. The summed E-state index contributed by atoms with van der Waals surface area (Å²) in [7, 11) is 0. The number of aromatic nitrogens is 5. The fourth-order valence-electron chi connectivity index (χ4n) is 7.20. The number of fused-ring (bicyclic) bond motifs is 2. The van der Waals surface area contributed by atoms with E-state index in [9.17, 15) is 0 Å². The van der Waals surface area contributed by atoms with Crippen LogP contribution in [0.15, 0.2) is 164 Å². The van der Waals surface area contributed by atoms with Crippen LogP contribution in [0.1, 0.15) is 22.3 Å². The van der Waals surface area contributed by atoms with E-state index in [0.29, 0.717) is 11.6 Å². The largest absolute Gasteiger partial charge is 0.289 e. The maximum Gasteiger partial charge on any atom is 0.199 e. The lowest BCUT2D eigenvalue weighted by molar-refractivity contribution is 0.725. The van der Waals surface area contributed by atoms with Gasteiger partial charge in [0.25, 0.3) is 0 Å². The van der Waals surface area contributed by atoms with Gasteiger partial charge < -0.3 is 0 Å². The maximum atomic E-state index is 5.14. The highest BCUT2D eigenvalue weighted by atomic mass is 15.1. The first-order valence-electron chi connectivity index (χ1n) is 15.4. The number of hydrogen-bond acceptors (Lipinski definition) is 4. The SMILES string of the molecule is c1ccc(-c2cccc(-c3ccc4c(c3)C(c3ccccc3)(c3ccccc3)c3cccc5nc(-c6ncncn6)n-4c35)c2)cc1. The van der Waals surface area contributed by atoms with E-state index in [1.54, 1.807) is 0 Å². The first kappa shape index (κ1) is 26.2. The van der Waals surface area contributed by atoms with Gasteiger partial charge in [0.05, 0.1) is 22.1 Å². The predicted octanol–water partition coefficient (Wildman–Crippen LogP) is 8.91. The number of para-hydroxylation sites is 1. The minimum absolute atomic E-state index is 0.537. The molecule has 2 aromatic heterocycles. The highest BCUT2D eigenvalue weighted by molar-refractivity contribution is 5.92. The second-order valence-electron chi connectivity index (χ2n) is 11.6. The van der Waals surface area contributed by atoms with Crippen LogP contribution in [0.2, 0.25) is 0 Å². The lowest BCUT2D eigenvalue weighted by Gasteiger charge is -2.41. The topological polar surface area (TPSA) is 56.5 Å². The molecule has 1 aliphatic rings. The molecule has 0 aliphatic carbocycles. The molecule has 0 unspecified atom stereocenters. The maximum absolute atomic E-state index is 5.14. The monoisotopic (exact) mass is 589 g/mol. The molecule has 1 aliphatic heterocycles. The molecular formula is C41H27N5. The van der Waals surface area contributed by atoms with Crippen molar-refractivity contribution in [1.82, 2.24) is 24.5 Å². The van der Waals surface area contributed by atoms with E-state index in [1.807, 2.05) is 0 Å². The van der Waals surface area contributed by atoms with Gasteiger partial charge in [-0.05, 0) is 68.8 Å². The van der Waals surface area contributed by atoms with Crippen molar-refractivity contribution in [3.05, 3.63) is 187 Å². The molecule has 0 saturated carbocycles. The summed E-state index contributed by atoms with van der Waals surface area (Å²) >= 11 is 0. The summed E-state index contributed by atoms with van der Waals surface area (Å²) in [6.07, 6.45) is 3.06. The van der Waals surface area contributed by atoms with Gasteiger partial charge in [-0.2, -0.15) is 0 Å². The molecule has 5 nitrogen and oxygen atoms in total. The van der Waals surface area contributed by atoms with Crippen molar-refractivity contribution in [3.63, 3.8) is 0 Å². The van der Waals surface area contributed by atoms with Crippen LogP contribution in [0.4, 0.5) is 0 Å². The number of hydrogen-bond donors (Lipinski definition) is 0. The van der Waals surface area contributed by atoms with Gasteiger partial charge in [-0.3, -0.25) is 4.57 Å². The van der Waals surface area contributed by atoms with Crippen LogP contribution >= 0.6 is 0 Å². The third-order valence-corrected chi connectivity index (χ3v) is 9.13. The number of nitrogens with zero attached hydrogens (tertiary/aromatic N) is 5. The van der Waals surface area contributed by atoms with Crippen molar-refractivity contribution in [2.24, 2.45) is 0 Å². The Morgan fingerprint density at radius 3 is 1.76 bits per heavy atom. The molecule has 6 aromatic carbocycles. The number of rotatable bonds is 5. The Labute approximate surface area is 266 Å². The quantitative estimate of drug-likeness (QED) is 0.201. The number of benzene rings is 6. The van der Waals surface area contributed by atoms with Crippen molar-refractivity contribution in [1.29, 1.82) is 0 Å². The molecule has 0 bridgehead atoms. The van der Waals surface area contributed by atoms with Crippen molar-refractivity contribution in [2.45, 2.75) is 5.41 Å². The summed E-state index contributed by atoms with van der Waals surface area (Å²) in [5.74, 6) is 1.23. The lowest BCUT2D eigenvalue weighted by atomic mass is 9.63. The Morgan fingerprint density at radius 2 is 1.07 bits per heavy atom. The van der Waals surface area contributed by atoms with Crippen molar-refractivity contribution in [2.75, 3.05) is 0 Å². The molecule has 5 heteroatoms. The van der Waals surface area contributed by atoms with Gasteiger partial charge in [0.1, 0.15) is 12.7 Å². The molecule has 9 rings (SSSR count). The zero-order valence-corrected chi connectivity index (χ0v) is 24.8. The van der Waals surface area contributed by atoms with Crippen LogP contribution in [0.3, 0.4) is 0 Å². The second-order valence-corrected chi connectivity index (χ2v) is 11.6. The first-order chi connectivity index (χ1) is 22.8. The molecule has 0 fully saturated rings. The molecule has 3 heterocycles. The Morgan fingerprint density at radius 1 is 0.478 bits per heavy atom. The van der Waals surface area contributed by atoms with Gasteiger partial charge in [-0.1, -0.05) is 127 Å². The van der Waals surface area contributed by atoms with Gasteiger partial charge in [-0.15, -0.1) is 0 Å². The van der Waals surface area contributed by atoms with Crippen LogP contribution in [0, 0.1) is 0 Å². The van der Waals surface area contributed by atoms with Crippen molar-refractivity contribution < 1.29 is 0 Å². The fourth-order valence-corrected chi connectivity index (χ4v) is 7.20. The molecule has 0 spiro atoms. The van der Waals surface area contributed by atoms with Gasteiger partial charge >= 0.3 is 0 Å². The van der Waals surface area contributed by atoms with Gasteiger partial charge in [0, 0.05) is 0 Å². The molecular weight excluding hydrogens is 562 g/mol. The third-order valence-electron chi connectivity index (χ3n) is 9.13. The molecule has 46 heavy (non-hydrogen) atoms. The summed E-state index contributed by atoms with van der Waals surface area (Å²) in [5, 5.41) is 0. The van der Waals surface area contributed by atoms with Crippen LogP contribution < -0.4 is 0 Å². The van der Waals surface area contributed by atoms with Gasteiger partial charge in [0.2, 0.25) is 0 Å². The highest BCUT2D eigenvalue weighted by Gasteiger charge is 2.45. The lowest BCUT2D eigenvalue weighted by Crippen LogP contribution is -2.35. The fraction of sp³-hybridized carbons (Fsp3) is 0.0244. The Hall–Kier alpha value is -6.20. The zero-order chi connectivity index (χ0) is 30.5. The van der Waals surface area contributed by atoms with Gasteiger partial charge in [-0.25, -0.2) is 19.9 Å². The smallest absolute Gasteiger partial charge is 0.199 e. The first-order valence-corrected chi connectivity index (χ1v) is 15.4. The van der Waals surface area contributed by atoms with Crippen LogP contribution in [-0.2, 0) is 5.41 Å². The van der Waals surface area contributed by atoms with E-state index in [2.05, 4.69) is 171 Å². The highest BCUT2D eigenvalue weighted by Crippen LogP contribution is 2.54. The van der Waals surface area contributed by atoms with E-state index in [4.69, 9.17) is 4.98 Å².